The lowest BCUT2D eigenvalue weighted by Gasteiger charge is -2.48. The van der Waals surface area contributed by atoms with Gasteiger partial charge >= 0.3 is 5.97 Å². The van der Waals surface area contributed by atoms with Gasteiger partial charge in [-0.05, 0) is 56.6 Å². The summed E-state index contributed by atoms with van der Waals surface area (Å²) in [4.78, 5) is 41.6. The predicted molar refractivity (Wildman–Crippen MR) is 114 cm³/mol. The first kappa shape index (κ1) is 20.6. The van der Waals surface area contributed by atoms with Crippen molar-refractivity contribution in [1.82, 2.24) is 4.90 Å². The summed E-state index contributed by atoms with van der Waals surface area (Å²) in [6.07, 6.45) is 8.15. The van der Waals surface area contributed by atoms with Gasteiger partial charge in [-0.25, -0.2) is 0 Å². The first-order valence-corrected chi connectivity index (χ1v) is 11.0. The molecule has 0 N–H and O–H groups in total. The van der Waals surface area contributed by atoms with E-state index in [1.54, 1.807) is 15.9 Å². The Labute approximate surface area is 177 Å². The molecule has 160 valence electrons. The molecule has 0 saturated carbocycles. The van der Waals surface area contributed by atoms with Gasteiger partial charge in [-0.2, -0.15) is 0 Å². The topological polar surface area (TPSA) is 66.9 Å². The van der Waals surface area contributed by atoms with Crippen LogP contribution in [0.1, 0.15) is 62.7 Å². The number of anilines is 1. The number of rotatable bonds is 6. The van der Waals surface area contributed by atoms with Crippen molar-refractivity contribution in [3.63, 3.8) is 0 Å². The summed E-state index contributed by atoms with van der Waals surface area (Å²) in [5.74, 6) is 0.662. The van der Waals surface area contributed by atoms with Crippen LogP contribution < -0.4 is 4.90 Å². The fraction of sp³-hybridized carbons (Fsp3) is 0.542. The van der Waals surface area contributed by atoms with Crippen LogP contribution in [0.2, 0.25) is 0 Å². The second-order valence-electron chi connectivity index (χ2n) is 8.89. The standard InChI is InChI=1S/C24H30N2O4/c1-17-8-3-4-9-18(17)16-30-22(28)12-7-15-25-23(29)19-10-5-6-11-20(19)26-21(27)13-14-24(25,26)2/h3-6,10-11,17-18H,7-9,12-16H2,1-2H3. The minimum absolute atomic E-state index is 0.0394. The number of para-hydroxylation sites is 1. The second kappa shape index (κ2) is 8.25. The van der Waals surface area contributed by atoms with Crippen molar-refractivity contribution in [1.29, 1.82) is 0 Å². The minimum atomic E-state index is -0.670. The summed E-state index contributed by atoms with van der Waals surface area (Å²) in [6.45, 7) is 5.02. The van der Waals surface area contributed by atoms with E-state index < -0.39 is 5.66 Å². The quantitative estimate of drug-likeness (QED) is 0.527. The molecule has 6 nitrogen and oxygen atoms in total. The molecule has 0 aromatic heterocycles. The Bertz CT molecular complexity index is 880. The van der Waals surface area contributed by atoms with Crippen molar-refractivity contribution < 1.29 is 19.1 Å². The van der Waals surface area contributed by atoms with E-state index in [9.17, 15) is 14.4 Å². The van der Waals surface area contributed by atoms with Crippen LogP contribution in [0, 0.1) is 11.8 Å². The number of ether oxygens (including phenoxy) is 1. The lowest BCUT2D eigenvalue weighted by atomic mass is 9.85. The number of carbonyl (C=O) groups is 3. The molecule has 6 heteroatoms. The van der Waals surface area contributed by atoms with E-state index in [0.29, 0.717) is 55.5 Å². The maximum atomic E-state index is 13.2. The van der Waals surface area contributed by atoms with E-state index in [1.165, 1.54) is 0 Å². The minimum Gasteiger partial charge on any atom is -0.465 e. The molecule has 0 radical (unpaired) electrons. The summed E-state index contributed by atoms with van der Waals surface area (Å²) in [5, 5.41) is 0. The van der Waals surface area contributed by atoms with Gasteiger partial charge in [-0.3, -0.25) is 19.3 Å². The average molecular weight is 411 g/mol. The summed E-state index contributed by atoms with van der Waals surface area (Å²) >= 11 is 0. The highest BCUT2D eigenvalue weighted by Gasteiger charge is 2.52. The molecule has 2 aliphatic heterocycles. The molecule has 1 aromatic rings. The van der Waals surface area contributed by atoms with E-state index in [2.05, 4.69) is 19.1 Å². The lowest BCUT2D eigenvalue weighted by molar-refractivity contribution is -0.145. The van der Waals surface area contributed by atoms with Crippen LogP contribution in [-0.4, -0.2) is 41.5 Å². The van der Waals surface area contributed by atoms with Gasteiger partial charge in [-0.1, -0.05) is 31.2 Å². The van der Waals surface area contributed by atoms with Crippen molar-refractivity contribution in [2.75, 3.05) is 18.1 Å². The van der Waals surface area contributed by atoms with Gasteiger partial charge in [0.15, 0.2) is 0 Å². The van der Waals surface area contributed by atoms with Crippen LogP contribution in [0.5, 0.6) is 0 Å². The van der Waals surface area contributed by atoms with Gasteiger partial charge in [0.2, 0.25) is 5.91 Å². The number of amides is 2. The zero-order chi connectivity index (χ0) is 21.3. The average Bonchev–Trinajstić information content (AvgIpc) is 3.05. The highest BCUT2D eigenvalue weighted by molar-refractivity contribution is 6.10. The fourth-order valence-corrected chi connectivity index (χ4v) is 4.93. The first-order chi connectivity index (χ1) is 14.4. The number of fused-ring (bicyclic) bond motifs is 3. The van der Waals surface area contributed by atoms with Crippen LogP contribution in [0.4, 0.5) is 5.69 Å². The number of hydrogen-bond donors (Lipinski definition) is 0. The smallest absolute Gasteiger partial charge is 0.305 e. The third kappa shape index (κ3) is 3.64. The van der Waals surface area contributed by atoms with Crippen LogP contribution in [0.15, 0.2) is 36.4 Å². The molecule has 30 heavy (non-hydrogen) atoms. The SMILES string of the molecule is CC1CC=CCC1COC(=O)CCCN1C(=O)c2ccccc2N2C(=O)CCC12C. The number of hydrogen-bond acceptors (Lipinski definition) is 4. The molecule has 2 amide bonds. The zero-order valence-electron chi connectivity index (χ0n) is 17.8. The maximum absolute atomic E-state index is 13.2. The summed E-state index contributed by atoms with van der Waals surface area (Å²) in [6, 6.07) is 7.28. The number of carbonyl (C=O) groups excluding carboxylic acids is 3. The Kier molecular flexibility index (Phi) is 5.67. The van der Waals surface area contributed by atoms with Gasteiger partial charge in [0.25, 0.3) is 5.91 Å². The van der Waals surface area contributed by atoms with E-state index >= 15 is 0 Å². The molecule has 3 atom stereocenters. The number of esters is 1. The predicted octanol–water partition coefficient (Wildman–Crippen LogP) is 3.91. The molecule has 3 unspecified atom stereocenters. The number of benzene rings is 1. The molecular formula is C24H30N2O4. The van der Waals surface area contributed by atoms with Crippen molar-refractivity contribution in [3.8, 4) is 0 Å². The van der Waals surface area contributed by atoms with Crippen LogP contribution in [0.3, 0.4) is 0 Å². The van der Waals surface area contributed by atoms with Crippen molar-refractivity contribution >= 4 is 23.5 Å². The molecule has 1 saturated heterocycles. The summed E-state index contributed by atoms with van der Waals surface area (Å²) in [5.41, 5.74) is 0.571. The van der Waals surface area contributed by atoms with E-state index in [0.717, 1.165) is 12.8 Å². The molecule has 0 bridgehead atoms. The van der Waals surface area contributed by atoms with E-state index in [4.69, 9.17) is 4.74 Å². The second-order valence-corrected chi connectivity index (χ2v) is 8.89. The van der Waals surface area contributed by atoms with Gasteiger partial charge in [0.05, 0.1) is 17.9 Å². The normalized spacial score (nSPS) is 27.8. The van der Waals surface area contributed by atoms with E-state index in [1.807, 2.05) is 25.1 Å². The molecular weight excluding hydrogens is 380 g/mol. The summed E-state index contributed by atoms with van der Waals surface area (Å²) in [7, 11) is 0. The Morgan fingerprint density at radius 3 is 2.77 bits per heavy atom. The molecule has 2 heterocycles. The van der Waals surface area contributed by atoms with Gasteiger partial charge in [0.1, 0.15) is 5.66 Å². The van der Waals surface area contributed by atoms with Gasteiger partial charge in [-0.15, -0.1) is 0 Å². The van der Waals surface area contributed by atoms with Gasteiger partial charge < -0.3 is 9.64 Å². The zero-order valence-corrected chi connectivity index (χ0v) is 17.8. The third-order valence-electron chi connectivity index (χ3n) is 6.88. The molecule has 4 rings (SSSR count). The van der Waals surface area contributed by atoms with Crippen LogP contribution in [-0.2, 0) is 14.3 Å². The fourth-order valence-electron chi connectivity index (χ4n) is 4.93. The third-order valence-corrected chi connectivity index (χ3v) is 6.88. The highest BCUT2D eigenvalue weighted by Crippen LogP contribution is 2.44. The Morgan fingerprint density at radius 1 is 1.20 bits per heavy atom. The van der Waals surface area contributed by atoms with Gasteiger partial charge in [0, 0.05) is 19.4 Å². The van der Waals surface area contributed by atoms with Crippen molar-refractivity contribution in [2.45, 2.75) is 58.0 Å². The molecule has 1 aliphatic carbocycles. The molecule has 3 aliphatic rings. The van der Waals surface area contributed by atoms with Crippen molar-refractivity contribution in [3.05, 3.63) is 42.0 Å². The Morgan fingerprint density at radius 2 is 1.97 bits per heavy atom. The number of allylic oxidation sites excluding steroid dienone is 2. The number of nitrogens with zero attached hydrogens (tertiary/aromatic N) is 2. The first-order valence-electron chi connectivity index (χ1n) is 11.0. The molecule has 1 aromatic carbocycles. The largest absolute Gasteiger partial charge is 0.465 e. The lowest BCUT2D eigenvalue weighted by Crippen LogP contribution is -2.62. The Balaban J connectivity index is 1.37. The van der Waals surface area contributed by atoms with Crippen LogP contribution in [0.25, 0.3) is 0 Å². The monoisotopic (exact) mass is 410 g/mol. The summed E-state index contributed by atoms with van der Waals surface area (Å²) < 4.78 is 5.51. The van der Waals surface area contributed by atoms with Crippen LogP contribution >= 0.6 is 0 Å². The molecule has 1 fully saturated rings. The highest BCUT2D eigenvalue weighted by atomic mass is 16.5. The Hall–Kier alpha value is -2.63. The maximum Gasteiger partial charge on any atom is 0.305 e. The van der Waals surface area contributed by atoms with Crippen molar-refractivity contribution in [2.24, 2.45) is 11.8 Å². The van der Waals surface area contributed by atoms with E-state index in [-0.39, 0.29) is 24.2 Å². The molecule has 0 spiro atoms.